The quantitative estimate of drug-likeness (QED) is 0.817. The van der Waals surface area contributed by atoms with Crippen LogP contribution in [-0.2, 0) is 10.0 Å². The Morgan fingerprint density at radius 2 is 1.81 bits per heavy atom. The third-order valence-corrected chi connectivity index (χ3v) is 6.72. The molecular weight excluding hydrogens is 288 g/mol. The Morgan fingerprint density at radius 3 is 2.29 bits per heavy atom. The van der Waals surface area contributed by atoms with E-state index in [1.165, 1.54) is 13.2 Å². The number of nitrogens with two attached hydrogens (primary N) is 1. The topological polar surface area (TPSA) is 81.4 Å². The normalized spacial score (nSPS) is 20.2. The number of anilines is 1. The van der Waals surface area contributed by atoms with Crippen LogP contribution in [0.4, 0.5) is 5.69 Å². The molecule has 3 N–H and O–H groups in total. The van der Waals surface area contributed by atoms with E-state index in [1.807, 2.05) is 0 Å². The fraction of sp³-hybridized carbons (Fsp3) is 0.600. The second-order valence-electron chi connectivity index (χ2n) is 6.76. The molecular formula is C15H24N2O3S. The maximum Gasteiger partial charge on any atom is 0.244 e. The highest BCUT2D eigenvalue weighted by atomic mass is 32.2. The summed E-state index contributed by atoms with van der Waals surface area (Å²) in [6, 6.07) is 4.60. The monoisotopic (exact) mass is 312 g/mol. The lowest BCUT2D eigenvalue weighted by atomic mass is 10.0. The van der Waals surface area contributed by atoms with Crippen molar-refractivity contribution >= 4 is 15.7 Å². The van der Waals surface area contributed by atoms with Crippen molar-refractivity contribution in [3.05, 3.63) is 18.2 Å². The molecule has 6 heteroatoms. The van der Waals surface area contributed by atoms with E-state index in [9.17, 15) is 8.42 Å². The van der Waals surface area contributed by atoms with Gasteiger partial charge in [0.2, 0.25) is 10.0 Å². The van der Waals surface area contributed by atoms with Crippen LogP contribution in [0, 0.1) is 16.7 Å². The molecule has 21 heavy (non-hydrogen) atoms. The van der Waals surface area contributed by atoms with Crippen LogP contribution in [0.1, 0.15) is 27.7 Å². The maximum absolute atomic E-state index is 12.5. The first-order valence-electron chi connectivity index (χ1n) is 6.97. The highest BCUT2D eigenvalue weighted by Gasteiger charge is 2.64. The summed E-state index contributed by atoms with van der Waals surface area (Å²) < 4.78 is 32.7. The van der Waals surface area contributed by atoms with Gasteiger partial charge in [0.15, 0.2) is 0 Å². The van der Waals surface area contributed by atoms with Gasteiger partial charge in [0.05, 0.1) is 7.11 Å². The molecule has 0 aromatic heterocycles. The van der Waals surface area contributed by atoms with Crippen LogP contribution in [0.5, 0.6) is 5.75 Å². The first-order chi connectivity index (χ1) is 9.54. The summed E-state index contributed by atoms with van der Waals surface area (Å²) in [7, 11) is -2.19. The van der Waals surface area contributed by atoms with E-state index in [4.69, 9.17) is 10.5 Å². The van der Waals surface area contributed by atoms with Gasteiger partial charge in [0.1, 0.15) is 10.6 Å². The molecule has 0 radical (unpaired) electrons. The Morgan fingerprint density at radius 1 is 1.24 bits per heavy atom. The molecule has 0 amide bonds. The third-order valence-electron chi connectivity index (χ3n) is 5.27. The lowest BCUT2D eigenvalue weighted by Crippen LogP contribution is -2.27. The molecule has 0 atom stereocenters. The molecule has 2 rings (SSSR count). The number of hydrogen-bond acceptors (Lipinski definition) is 4. The summed E-state index contributed by atoms with van der Waals surface area (Å²) in [4.78, 5) is 0.0845. The molecule has 0 saturated heterocycles. The van der Waals surface area contributed by atoms with Crippen LogP contribution in [-0.4, -0.2) is 22.1 Å². The minimum atomic E-state index is -3.64. The zero-order chi connectivity index (χ0) is 16.1. The SMILES string of the molecule is COc1ccc(N)cc1S(=O)(=O)NCC1C(C)(C)C1(C)C. The number of sulfonamides is 1. The van der Waals surface area contributed by atoms with Crippen molar-refractivity contribution in [2.24, 2.45) is 16.7 Å². The van der Waals surface area contributed by atoms with Crippen molar-refractivity contribution in [1.29, 1.82) is 0 Å². The summed E-state index contributed by atoms with van der Waals surface area (Å²) in [6.07, 6.45) is 0. The Bertz CT molecular complexity index is 637. The van der Waals surface area contributed by atoms with Gasteiger partial charge in [-0.15, -0.1) is 0 Å². The Hall–Kier alpha value is -1.27. The van der Waals surface area contributed by atoms with Crippen LogP contribution in [0.25, 0.3) is 0 Å². The fourth-order valence-electron chi connectivity index (χ4n) is 3.02. The molecule has 0 bridgehead atoms. The van der Waals surface area contributed by atoms with Crippen molar-refractivity contribution in [1.82, 2.24) is 4.72 Å². The molecule has 118 valence electrons. The largest absolute Gasteiger partial charge is 0.495 e. The highest BCUT2D eigenvalue weighted by molar-refractivity contribution is 7.89. The second-order valence-corrected chi connectivity index (χ2v) is 8.49. The van der Waals surface area contributed by atoms with Crippen LogP contribution < -0.4 is 15.2 Å². The first-order valence-corrected chi connectivity index (χ1v) is 8.45. The summed E-state index contributed by atoms with van der Waals surface area (Å²) in [6.45, 7) is 9.06. The van der Waals surface area contributed by atoms with Crippen molar-refractivity contribution in [2.75, 3.05) is 19.4 Å². The number of rotatable bonds is 5. The lowest BCUT2D eigenvalue weighted by Gasteiger charge is -2.12. The maximum atomic E-state index is 12.5. The standard InChI is InChI=1S/C15H24N2O3S/c1-14(2)13(15(14,3)4)9-17-21(18,19)12-8-10(16)6-7-11(12)20-5/h6-8,13,17H,9,16H2,1-5H3. The van der Waals surface area contributed by atoms with Crippen LogP contribution >= 0.6 is 0 Å². The van der Waals surface area contributed by atoms with Gasteiger partial charge in [0.25, 0.3) is 0 Å². The molecule has 1 saturated carbocycles. The van der Waals surface area contributed by atoms with Gasteiger partial charge in [-0.3, -0.25) is 0 Å². The van der Waals surface area contributed by atoms with Crippen molar-refractivity contribution in [3.63, 3.8) is 0 Å². The highest BCUT2D eigenvalue weighted by Crippen LogP contribution is 2.68. The first kappa shape index (κ1) is 16.1. The number of benzene rings is 1. The number of nitrogens with one attached hydrogen (secondary N) is 1. The van der Waals surface area contributed by atoms with Crippen LogP contribution in [0.15, 0.2) is 23.1 Å². The molecule has 1 aromatic carbocycles. The van der Waals surface area contributed by atoms with Gasteiger partial charge in [-0.2, -0.15) is 0 Å². The zero-order valence-electron chi connectivity index (χ0n) is 13.2. The van der Waals surface area contributed by atoms with E-state index in [1.54, 1.807) is 12.1 Å². The number of nitrogen functional groups attached to an aromatic ring is 1. The van der Waals surface area contributed by atoms with Gasteiger partial charge < -0.3 is 10.5 Å². The van der Waals surface area contributed by atoms with Crippen molar-refractivity contribution in [2.45, 2.75) is 32.6 Å². The van der Waals surface area contributed by atoms with E-state index >= 15 is 0 Å². The number of hydrogen-bond donors (Lipinski definition) is 2. The van der Waals surface area contributed by atoms with Crippen LogP contribution in [0.3, 0.4) is 0 Å². The predicted octanol–water partition coefficient (Wildman–Crippen LogP) is 2.24. The molecule has 5 nitrogen and oxygen atoms in total. The van der Waals surface area contributed by atoms with E-state index < -0.39 is 10.0 Å². The van der Waals surface area contributed by atoms with E-state index in [0.29, 0.717) is 23.9 Å². The minimum Gasteiger partial charge on any atom is -0.495 e. The number of ether oxygens (including phenoxy) is 1. The predicted molar refractivity (Wildman–Crippen MR) is 83.6 cm³/mol. The van der Waals surface area contributed by atoms with Crippen molar-refractivity contribution < 1.29 is 13.2 Å². The van der Waals surface area contributed by atoms with E-state index in [0.717, 1.165) is 0 Å². The number of methoxy groups -OCH3 is 1. The van der Waals surface area contributed by atoms with Gasteiger partial charge in [0, 0.05) is 12.2 Å². The lowest BCUT2D eigenvalue weighted by molar-refractivity contribution is 0.402. The summed E-state index contributed by atoms with van der Waals surface area (Å²) in [5, 5.41) is 0. The molecule has 0 aliphatic heterocycles. The minimum absolute atomic E-state index is 0.0845. The van der Waals surface area contributed by atoms with E-state index in [2.05, 4.69) is 32.4 Å². The zero-order valence-corrected chi connectivity index (χ0v) is 14.0. The van der Waals surface area contributed by atoms with Gasteiger partial charge in [-0.1, -0.05) is 27.7 Å². The molecule has 0 heterocycles. The summed E-state index contributed by atoms with van der Waals surface area (Å²) in [5.41, 5.74) is 6.35. The molecule has 1 fully saturated rings. The van der Waals surface area contributed by atoms with Crippen molar-refractivity contribution in [3.8, 4) is 5.75 Å². The summed E-state index contributed by atoms with van der Waals surface area (Å²) in [5.74, 6) is 0.609. The van der Waals surface area contributed by atoms with Gasteiger partial charge >= 0.3 is 0 Å². The van der Waals surface area contributed by atoms with Gasteiger partial charge in [-0.25, -0.2) is 13.1 Å². The molecule has 1 aliphatic carbocycles. The Labute approximate surface area is 126 Å². The Balaban J connectivity index is 2.19. The second kappa shape index (κ2) is 4.88. The molecule has 0 unspecified atom stereocenters. The van der Waals surface area contributed by atoms with Gasteiger partial charge in [-0.05, 0) is 34.9 Å². The molecule has 1 aromatic rings. The third kappa shape index (κ3) is 2.62. The smallest absolute Gasteiger partial charge is 0.244 e. The van der Waals surface area contributed by atoms with E-state index in [-0.39, 0.29) is 15.7 Å². The van der Waals surface area contributed by atoms with Crippen LogP contribution in [0.2, 0.25) is 0 Å². The molecule has 0 spiro atoms. The Kier molecular flexibility index (Phi) is 3.74. The average Bonchev–Trinajstić information content (AvgIpc) is 2.77. The summed E-state index contributed by atoms with van der Waals surface area (Å²) >= 11 is 0. The average molecular weight is 312 g/mol. The molecule has 1 aliphatic rings. The fourth-order valence-corrected chi connectivity index (χ4v) is 4.27.